The van der Waals surface area contributed by atoms with Crippen LogP contribution in [0.1, 0.15) is 84.9 Å². The van der Waals surface area contributed by atoms with Gasteiger partial charge in [-0.2, -0.15) is 4.98 Å². The molecule has 2 aromatic rings. The Kier molecular flexibility index (Phi) is 4.92. The molecule has 1 aliphatic carbocycles. The number of hydrogen-bond acceptors (Lipinski definition) is 7. The molecule has 1 aromatic carbocycles. The number of hydrogen-bond donors (Lipinski definition) is 1. The number of sulfonamides is 1. The first-order valence-electron chi connectivity index (χ1n) is 9.98. The largest absolute Gasteiger partial charge is 0.340 e. The van der Waals surface area contributed by atoms with Gasteiger partial charge in [-0.25, -0.2) is 12.7 Å². The highest BCUT2D eigenvalue weighted by molar-refractivity contribution is 7.90. The van der Waals surface area contributed by atoms with Crippen LogP contribution in [0.25, 0.3) is 0 Å². The Morgan fingerprint density at radius 1 is 1.23 bits per heavy atom. The van der Waals surface area contributed by atoms with E-state index in [0.717, 1.165) is 17.1 Å². The van der Waals surface area contributed by atoms with E-state index in [-0.39, 0.29) is 21.9 Å². The van der Waals surface area contributed by atoms with Crippen LogP contribution in [-0.4, -0.2) is 40.7 Å². The van der Waals surface area contributed by atoms with Crippen molar-refractivity contribution in [1.29, 1.82) is 0 Å². The number of fused-ring (bicyclic) bond motifs is 1. The third kappa shape index (κ3) is 3.38. The second-order valence-corrected chi connectivity index (χ2v) is 10.2. The Hall–Kier alpha value is -2.75. The van der Waals surface area contributed by atoms with Crippen molar-refractivity contribution >= 4 is 21.8 Å². The first kappa shape index (κ1) is 20.5. The number of nitrogens with zero attached hydrogens (tertiary/aromatic N) is 3. The summed E-state index contributed by atoms with van der Waals surface area (Å²) in [5.74, 6) is 0.224. The van der Waals surface area contributed by atoms with Gasteiger partial charge >= 0.3 is 0 Å². The van der Waals surface area contributed by atoms with Gasteiger partial charge in [0.2, 0.25) is 5.89 Å². The molecule has 0 saturated heterocycles. The van der Waals surface area contributed by atoms with Crippen LogP contribution in [0.2, 0.25) is 0 Å². The monoisotopic (exact) mass is 432 g/mol. The number of nitrogens with one attached hydrogen (secondary N) is 1. The lowest BCUT2D eigenvalue weighted by Gasteiger charge is -2.19. The molecule has 10 heteroatoms. The summed E-state index contributed by atoms with van der Waals surface area (Å²) in [6.07, 6.45) is 2.07. The van der Waals surface area contributed by atoms with E-state index in [1.807, 2.05) is 13.8 Å². The van der Waals surface area contributed by atoms with Gasteiger partial charge in [-0.3, -0.25) is 9.59 Å². The topological polar surface area (TPSA) is 122 Å². The van der Waals surface area contributed by atoms with Crippen LogP contribution in [-0.2, 0) is 10.0 Å². The average Bonchev–Trinajstić information content (AvgIpc) is 3.37. The fourth-order valence-corrected chi connectivity index (χ4v) is 5.31. The van der Waals surface area contributed by atoms with Gasteiger partial charge < -0.3 is 9.84 Å². The number of rotatable bonds is 6. The summed E-state index contributed by atoms with van der Waals surface area (Å²) in [6.45, 7) is 7.08. The molecule has 1 fully saturated rings. The standard InChI is InChI=1S/C20H24N4O5S/c1-10(2)16(19-22-17(23-29-19)12-5-6-12)21-18(25)13-7-8-14-15(9-13)30(27,28)24(11(3)4)20(14)26/h7-12,16H,5-6H2,1-4H3,(H,21,25). The second kappa shape index (κ2) is 7.19. The van der Waals surface area contributed by atoms with Crippen molar-refractivity contribution in [2.24, 2.45) is 5.92 Å². The molecule has 2 amide bonds. The lowest BCUT2D eigenvalue weighted by Crippen LogP contribution is -2.36. The zero-order valence-corrected chi connectivity index (χ0v) is 18.1. The molecule has 1 N–H and O–H groups in total. The third-order valence-electron chi connectivity index (χ3n) is 5.30. The molecule has 160 valence electrons. The van der Waals surface area contributed by atoms with E-state index in [2.05, 4.69) is 15.5 Å². The van der Waals surface area contributed by atoms with E-state index in [9.17, 15) is 18.0 Å². The summed E-state index contributed by atoms with van der Waals surface area (Å²) in [7, 11) is -3.98. The van der Waals surface area contributed by atoms with Gasteiger partial charge in [0, 0.05) is 17.5 Å². The van der Waals surface area contributed by atoms with Gasteiger partial charge in [0.25, 0.3) is 21.8 Å². The predicted octanol–water partition coefficient (Wildman–Crippen LogP) is 2.63. The number of benzene rings is 1. The Balaban J connectivity index is 1.61. The van der Waals surface area contributed by atoms with Crippen molar-refractivity contribution in [3.8, 4) is 0 Å². The molecule has 30 heavy (non-hydrogen) atoms. The van der Waals surface area contributed by atoms with E-state index in [1.165, 1.54) is 18.2 Å². The van der Waals surface area contributed by atoms with E-state index < -0.39 is 33.9 Å². The summed E-state index contributed by atoms with van der Waals surface area (Å²) in [6, 6.07) is 3.05. The zero-order chi connectivity index (χ0) is 21.8. The SMILES string of the molecule is CC(C)C(NC(=O)c1ccc2c(c1)S(=O)(=O)N(C(C)C)C2=O)c1nc(C2CC2)no1. The Morgan fingerprint density at radius 2 is 1.93 bits per heavy atom. The maximum Gasteiger partial charge on any atom is 0.269 e. The summed E-state index contributed by atoms with van der Waals surface area (Å²) < 4.78 is 31.8. The molecule has 1 unspecified atom stereocenters. The van der Waals surface area contributed by atoms with Crippen LogP contribution < -0.4 is 5.32 Å². The first-order valence-corrected chi connectivity index (χ1v) is 11.4. The smallest absolute Gasteiger partial charge is 0.269 e. The van der Waals surface area contributed by atoms with Crippen molar-refractivity contribution in [2.45, 2.75) is 63.4 Å². The number of aromatic nitrogens is 2. The highest BCUT2D eigenvalue weighted by Crippen LogP contribution is 2.39. The normalized spacial score (nSPS) is 18.7. The van der Waals surface area contributed by atoms with Crippen molar-refractivity contribution in [2.75, 3.05) is 0 Å². The zero-order valence-electron chi connectivity index (χ0n) is 17.2. The Morgan fingerprint density at radius 3 is 2.53 bits per heavy atom. The number of amides is 2. The maximum absolute atomic E-state index is 12.9. The lowest BCUT2D eigenvalue weighted by molar-refractivity contribution is 0.0844. The van der Waals surface area contributed by atoms with Crippen LogP contribution in [0.5, 0.6) is 0 Å². The molecular weight excluding hydrogens is 408 g/mol. The number of carbonyl (C=O) groups is 2. The van der Waals surface area contributed by atoms with Gasteiger partial charge in [-0.15, -0.1) is 0 Å². The van der Waals surface area contributed by atoms with Crippen molar-refractivity contribution in [1.82, 2.24) is 19.8 Å². The van der Waals surface area contributed by atoms with Crippen LogP contribution in [0, 0.1) is 5.92 Å². The molecule has 9 nitrogen and oxygen atoms in total. The first-order chi connectivity index (χ1) is 14.1. The minimum Gasteiger partial charge on any atom is -0.340 e. The van der Waals surface area contributed by atoms with Crippen LogP contribution in [0.15, 0.2) is 27.6 Å². The molecule has 2 aliphatic rings. The molecule has 0 spiro atoms. The van der Waals surface area contributed by atoms with Crippen LogP contribution >= 0.6 is 0 Å². The Labute approximate surface area is 174 Å². The molecule has 0 radical (unpaired) electrons. The minimum atomic E-state index is -3.98. The van der Waals surface area contributed by atoms with Gasteiger partial charge in [-0.1, -0.05) is 19.0 Å². The summed E-state index contributed by atoms with van der Waals surface area (Å²) in [4.78, 5) is 29.6. The molecule has 2 heterocycles. The van der Waals surface area contributed by atoms with E-state index in [0.29, 0.717) is 17.6 Å². The maximum atomic E-state index is 12.9. The quantitative estimate of drug-likeness (QED) is 0.744. The van der Waals surface area contributed by atoms with Gasteiger partial charge in [0.05, 0.1) is 5.56 Å². The van der Waals surface area contributed by atoms with Crippen molar-refractivity contribution in [3.05, 3.63) is 41.0 Å². The second-order valence-electron chi connectivity index (χ2n) is 8.37. The van der Waals surface area contributed by atoms with Gasteiger partial charge in [0.15, 0.2) is 5.82 Å². The van der Waals surface area contributed by atoms with Crippen LogP contribution in [0.3, 0.4) is 0 Å². The van der Waals surface area contributed by atoms with Crippen LogP contribution in [0.4, 0.5) is 0 Å². The molecule has 1 atom stereocenters. The third-order valence-corrected chi connectivity index (χ3v) is 7.30. The van der Waals surface area contributed by atoms with Gasteiger partial charge in [0.1, 0.15) is 10.9 Å². The summed E-state index contributed by atoms with van der Waals surface area (Å²) in [5.41, 5.74) is 0.218. The average molecular weight is 433 g/mol. The molecular formula is C20H24N4O5S. The van der Waals surface area contributed by atoms with E-state index in [4.69, 9.17) is 4.52 Å². The molecule has 1 aromatic heterocycles. The Bertz CT molecular complexity index is 1120. The summed E-state index contributed by atoms with van der Waals surface area (Å²) in [5, 5.41) is 6.86. The fraction of sp³-hybridized carbons (Fsp3) is 0.500. The highest BCUT2D eigenvalue weighted by Gasteiger charge is 2.43. The highest BCUT2D eigenvalue weighted by atomic mass is 32.2. The van der Waals surface area contributed by atoms with E-state index in [1.54, 1.807) is 13.8 Å². The minimum absolute atomic E-state index is 0.0300. The van der Waals surface area contributed by atoms with Crippen molar-refractivity contribution < 1.29 is 22.5 Å². The molecule has 4 rings (SSSR count). The fourth-order valence-electron chi connectivity index (χ4n) is 3.52. The number of carbonyl (C=O) groups excluding carboxylic acids is 2. The molecule has 0 bridgehead atoms. The molecule has 1 aliphatic heterocycles. The predicted molar refractivity (Wildman–Crippen MR) is 106 cm³/mol. The lowest BCUT2D eigenvalue weighted by atomic mass is 10.0. The molecule has 1 saturated carbocycles. The van der Waals surface area contributed by atoms with Gasteiger partial charge in [-0.05, 0) is 50.8 Å². The van der Waals surface area contributed by atoms with Crippen molar-refractivity contribution in [3.63, 3.8) is 0 Å². The van der Waals surface area contributed by atoms with E-state index >= 15 is 0 Å². The summed E-state index contributed by atoms with van der Waals surface area (Å²) >= 11 is 0.